The lowest BCUT2D eigenvalue weighted by Crippen LogP contribution is -1.97. The highest BCUT2D eigenvalue weighted by Crippen LogP contribution is 2.05. The average molecular weight is 213 g/mol. The van der Waals surface area contributed by atoms with Crippen molar-refractivity contribution in [2.75, 3.05) is 13.2 Å². The third-order valence-corrected chi connectivity index (χ3v) is 2.68. The first-order valence-corrected chi connectivity index (χ1v) is 6.78. The van der Waals surface area contributed by atoms with Crippen molar-refractivity contribution >= 4 is 0 Å². The van der Waals surface area contributed by atoms with E-state index in [-0.39, 0.29) is 0 Å². The van der Waals surface area contributed by atoms with Crippen LogP contribution in [-0.2, 0) is 4.74 Å². The average Bonchev–Trinajstić information content (AvgIpc) is 2.26. The van der Waals surface area contributed by atoms with Gasteiger partial charge in [-0.2, -0.15) is 0 Å². The molecule has 1 heteroatoms. The Bertz CT molecular complexity index is 89.5. The molecule has 0 heterocycles. The normalized spacial score (nSPS) is 10.8. The molecule has 0 saturated heterocycles. The molecule has 0 amide bonds. The molecular weight excluding hydrogens is 184 g/mol. The van der Waals surface area contributed by atoms with Crippen molar-refractivity contribution < 1.29 is 4.74 Å². The van der Waals surface area contributed by atoms with E-state index >= 15 is 0 Å². The molecule has 0 rings (SSSR count). The zero-order chi connectivity index (χ0) is 11.2. The van der Waals surface area contributed by atoms with E-state index in [9.17, 15) is 0 Å². The van der Waals surface area contributed by atoms with Gasteiger partial charge < -0.3 is 4.74 Å². The summed E-state index contributed by atoms with van der Waals surface area (Å²) in [6.45, 7) is 8.03. The van der Waals surface area contributed by atoms with Crippen LogP contribution in [-0.4, -0.2) is 13.2 Å². The molecule has 0 atom stereocenters. The maximum absolute atomic E-state index is 5.57. The molecule has 0 aromatic heterocycles. The summed E-state index contributed by atoms with van der Waals surface area (Å²) in [4.78, 5) is 0. The van der Waals surface area contributed by atoms with Gasteiger partial charge >= 0.3 is 0 Å². The summed E-state index contributed by atoms with van der Waals surface area (Å²) in [5.41, 5.74) is 0. The summed E-state index contributed by atoms with van der Waals surface area (Å²) in [5.74, 6) is 0. The molecule has 15 heavy (non-hydrogen) atoms. The first-order valence-electron chi connectivity index (χ1n) is 6.78. The Morgan fingerprint density at radius 3 is 1.87 bits per heavy atom. The Kier molecular flexibility index (Phi) is 13.9. The van der Waals surface area contributed by atoms with Crippen molar-refractivity contribution in [1.82, 2.24) is 0 Å². The molecule has 0 spiro atoms. The fourth-order valence-electron chi connectivity index (χ4n) is 1.64. The van der Waals surface area contributed by atoms with Crippen LogP contribution >= 0.6 is 0 Å². The van der Waals surface area contributed by atoms with Gasteiger partial charge in [-0.25, -0.2) is 0 Å². The summed E-state index contributed by atoms with van der Waals surface area (Å²) < 4.78 is 5.57. The van der Waals surface area contributed by atoms with E-state index < -0.39 is 0 Å². The Hall–Kier alpha value is -0.0400. The molecule has 0 aromatic carbocycles. The van der Waals surface area contributed by atoms with Crippen LogP contribution in [0.3, 0.4) is 0 Å². The van der Waals surface area contributed by atoms with E-state index in [2.05, 4.69) is 13.8 Å². The third kappa shape index (κ3) is 14.0. The second kappa shape index (κ2) is 14.0. The zero-order valence-corrected chi connectivity index (χ0v) is 10.6. The van der Waals surface area contributed by atoms with E-state index in [1.165, 1.54) is 57.8 Å². The van der Waals surface area contributed by atoms with Gasteiger partial charge in [0.2, 0.25) is 0 Å². The van der Waals surface area contributed by atoms with Crippen LogP contribution < -0.4 is 0 Å². The van der Waals surface area contributed by atoms with Gasteiger partial charge in [0, 0.05) is 13.2 Å². The van der Waals surface area contributed by atoms with Crippen LogP contribution in [0.5, 0.6) is 0 Å². The summed E-state index contributed by atoms with van der Waals surface area (Å²) in [7, 11) is 0. The molecular formula is C14H29O. The van der Waals surface area contributed by atoms with Crippen molar-refractivity contribution in [1.29, 1.82) is 0 Å². The number of unbranched alkanes of at least 4 members (excludes halogenated alkanes) is 8. The highest BCUT2D eigenvalue weighted by molar-refractivity contribution is 4.46. The maximum atomic E-state index is 5.57. The summed E-state index contributed by atoms with van der Waals surface area (Å²) in [6, 6.07) is 0. The van der Waals surface area contributed by atoms with Gasteiger partial charge in [0.1, 0.15) is 0 Å². The van der Waals surface area contributed by atoms with Crippen molar-refractivity contribution in [3.05, 3.63) is 6.92 Å². The summed E-state index contributed by atoms with van der Waals surface area (Å²) in [5, 5.41) is 0. The standard InChI is InChI=1S/C14H29O/c1-3-5-7-9-10-12-14-15-13-11-8-6-4-2/h1,3-14H2,2H3. The predicted octanol–water partition coefficient (Wildman–Crippen LogP) is 4.76. The lowest BCUT2D eigenvalue weighted by atomic mass is 10.1. The van der Waals surface area contributed by atoms with Gasteiger partial charge in [0.15, 0.2) is 0 Å². The molecule has 0 bridgehead atoms. The molecule has 0 N–H and O–H groups in total. The first kappa shape index (κ1) is 15.0. The Balaban J connectivity index is 2.81. The second-order valence-electron chi connectivity index (χ2n) is 4.29. The minimum atomic E-state index is 0.969. The largest absolute Gasteiger partial charge is 0.381 e. The van der Waals surface area contributed by atoms with Crippen molar-refractivity contribution in [3.63, 3.8) is 0 Å². The topological polar surface area (TPSA) is 9.23 Å². The molecule has 0 aromatic rings. The fourth-order valence-corrected chi connectivity index (χ4v) is 1.64. The summed E-state index contributed by atoms with van der Waals surface area (Å²) in [6.07, 6.45) is 12.9. The minimum Gasteiger partial charge on any atom is -0.381 e. The third-order valence-electron chi connectivity index (χ3n) is 2.68. The van der Waals surface area contributed by atoms with Gasteiger partial charge in [-0.15, -0.1) is 0 Å². The van der Waals surface area contributed by atoms with Crippen LogP contribution in [0.1, 0.15) is 71.1 Å². The fraction of sp³-hybridized carbons (Fsp3) is 0.929. The quantitative estimate of drug-likeness (QED) is 0.425. The monoisotopic (exact) mass is 213 g/mol. The molecule has 1 radical (unpaired) electrons. The number of hydrogen-bond donors (Lipinski definition) is 0. The minimum absolute atomic E-state index is 0.969. The van der Waals surface area contributed by atoms with Gasteiger partial charge in [0.05, 0.1) is 0 Å². The summed E-state index contributed by atoms with van der Waals surface area (Å²) >= 11 is 0. The molecule has 0 saturated carbocycles. The lowest BCUT2D eigenvalue weighted by molar-refractivity contribution is 0.126. The smallest absolute Gasteiger partial charge is 0.0466 e. The SMILES string of the molecule is [CH2]CCCCCCCOCCCCCC. The number of rotatable bonds is 12. The van der Waals surface area contributed by atoms with E-state index in [0.717, 1.165) is 19.6 Å². The molecule has 0 unspecified atom stereocenters. The van der Waals surface area contributed by atoms with Crippen molar-refractivity contribution in [3.8, 4) is 0 Å². The second-order valence-corrected chi connectivity index (χ2v) is 4.29. The zero-order valence-electron chi connectivity index (χ0n) is 10.6. The van der Waals surface area contributed by atoms with Crippen molar-refractivity contribution in [2.45, 2.75) is 71.1 Å². The lowest BCUT2D eigenvalue weighted by Gasteiger charge is -2.03. The molecule has 0 aliphatic carbocycles. The highest BCUT2D eigenvalue weighted by Gasteiger charge is 1.91. The molecule has 0 aliphatic heterocycles. The Morgan fingerprint density at radius 2 is 1.27 bits per heavy atom. The molecule has 1 nitrogen and oxygen atoms in total. The van der Waals surface area contributed by atoms with E-state index in [4.69, 9.17) is 4.74 Å². The van der Waals surface area contributed by atoms with E-state index in [1.54, 1.807) is 0 Å². The predicted molar refractivity (Wildman–Crippen MR) is 68.0 cm³/mol. The van der Waals surface area contributed by atoms with E-state index in [0.29, 0.717) is 0 Å². The molecule has 91 valence electrons. The van der Waals surface area contributed by atoms with Crippen molar-refractivity contribution in [2.24, 2.45) is 0 Å². The molecule has 0 fully saturated rings. The first-order chi connectivity index (χ1) is 7.41. The van der Waals surface area contributed by atoms with Crippen LogP contribution in [0.25, 0.3) is 0 Å². The maximum Gasteiger partial charge on any atom is 0.0466 e. The molecule has 0 aliphatic rings. The van der Waals surface area contributed by atoms with Gasteiger partial charge in [-0.1, -0.05) is 65.2 Å². The van der Waals surface area contributed by atoms with E-state index in [1.807, 2.05) is 0 Å². The van der Waals surface area contributed by atoms with Crippen LogP contribution in [0.15, 0.2) is 0 Å². The number of hydrogen-bond acceptors (Lipinski definition) is 1. The van der Waals surface area contributed by atoms with Crippen LogP contribution in [0.4, 0.5) is 0 Å². The Morgan fingerprint density at radius 1 is 0.733 bits per heavy atom. The van der Waals surface area contributed by atoms with Gasteiger partial charge in [0.25, 0.3) is 0 Å². The highest BCUT2D eigenvalue weighted by atomic mass is 16.5. The Labute approximate surface area is 96.6 Å². The van der Waals surface area contributed by atoms with Crippen LogP contribution in [0, 0.1) is 6.92 Å². The number of ether oxygens (including phenoxy) is 1. The van der Waals surface area contributed by atoms with Gasteiger partial charge in [-0.05, 0) is 12.8 Å². The van der Waals surface area contributed by atoms with Crippen LogP contribution in [0.2, 0.25) is 0 Å². The van der Waals surface area contributed by atoms with Gasteiger partial charge in [-0.3, -0.25) is 0 Å².